The van der Waals surface area contributed by atoms with Crippen molar-refractivity contribution in [3.05, 3.63) is 61.6 Å². The van der Waals surface area contributed by atoms with Gasteiger partial charge in [0, 0.05) is 11.4 Å². The minimum Gasteiger partial charge on any atom is -0.494 e. The molecule has 3 rings (SSSR count). The summed E-state index contributed by atoms with van der Waals surface area (Å²) in [6.07, 6.45) is 1.59. The van der Waals surface area contributed by atoms with Crippen LogP contribution in [0.25, 0.3) is 10.2 Å². The summed E-state index contributed by atoms with van der Waals surface area (Å²) in [7, 11) is 0. The molecule has 0 fully saturated rings. The van der Waals surface area contributed by atoms with Gasteiger partial charge in [-0.15, -0.1) is 11.3 Å². The number of hydrogen-bond acceptors (Lipinski definition) is 4. The number of fused-ring (bicyclic) bond motifs is 1. The summed E-state index contributed by atoms with van der Waals surface area (Å²) in [4.78, 5) is 28.9. The van der Waals surface area contributed by atoms with Gasteiger partial charge < -0.3 is 4.74 Å². The second kappa shape index (κ2) is 7.05. The Bertz CT molecular complexity index is 951. The highest BCUT2D eigenvalue weighted by molar-refractivity contribution is 7.18. The fourth-order valence-corrected chi connectivity index (χ4v) is 3.50. The molecule has 5 nitrogen and oxygen atoms in total. The molecule has 0 aliphatic heterocycles. The van der Waals surface area contributed by atoms with Gasteiger partial charge in [-0.25, -0.2) is 4.79 Å². The zero-order valence-corrected chi connectivity index (χ0v) is 14.6. The maximum absolute atomic E-state index is 12.4. The average Bonchev–Trinajstić information content (AvgIpc) is 2.95. The Hall–Kier alpha value is -2.34. The zero-order valence-electron chi connectivity index (χ0n) is 13.8. The topological polar surface area (TPSA) is 64.1 Å². The molecule has 6 heteroatoms. The van der Waals surface area contributed by atoms with Crippen LogP contribution in [0.15, 0.2) is 39.9 Å². The second-order valence-electron chi connectivity index (χ2n) is 5.69. The SMILES string of the molecule is CCc1ccc(OCCCn2c(=O)[nH]c3sc(C)cc3c2=O)cc1. The molecular weight excluding hydrogens is 324 g/mol. The van der Waals surface area contributed by atoms with E-state index in [9.17, 15) is 9.59 Å². The summed E-state index contributed by atoms with van der Waals surface area (Å²) in [6, 6.07) is 9.78. The quantitative estimate of drug-likeness (QED) is 0.699. The minimum absolute atomic E-state index is 0.231. The highest BCUT2D eigenvalue weighted by Crippen LogP contribution is 2.18. The molecule has 3 aromatic rings. The van der Waals surface area contributed by atoms with Crippen molar-refractivity contribution < 1.29 is 4.74 Å². The van der Waals surface area contributed by atoms with Crippen molar-refractivity contribution >= 4 is 21.6 Å². The van der Waals surface area contributed by atoms with Crippen molar-refractivity contribution in [3.8, 4) is 5.75 Å². The van der Waals surface area contributed by atoms with E-state index in [1.165, 1.54) is 21.5 Å². The van der Waals surface area contributed by atoms with Crippen molar-refractivity contribution in [1.82, 2.24) is 9.55 Å². The van der Waals surface area contributed by atoms with Crippen LogP contribution in [0, 0.1) is 6.92 Å². The molecule has 0 saturated heterocycles. The fraction of sp³-hybridized carbons (Fsp3) is 0.333. The van der Waals surface area contributed by atoms with Crippen molar-refractivity contribution in [3.63, 3.8) is 0 Å². The van der Waals surface area contributed by atoms with Gasteiger partial charge in [-0.1, -0.05) is 19.1 Å². The third kappa shape index (κ3) is 3.43. The van der Waals surface area contributed by atoms with Crippen LogP contribution in [0.3, 0.4) is 0 Å². The van der Waals surface area contributed by atoms with Gasteiger partial charge in [-0.3, -0.25) is 14.3 Å². The first kappa shape index (κ1) is 16.5. The highest BCUT2D eigenvalue weighted by Gasteiger charge is 2.09. The zero-order chi connectivity index (χ0) is 17.1. The number of ether oxygens (including phenoxy) is 1. The lowest BCUT2D eigenvalue weighted by molar-refractivity contribution is 0.300. The maximum Gasteiger partial charge on any atom is 0.329 e. The van der Waals surface area contributed by atoms with Gasteiger partial charge in [0.25, 0.3) is 5.56 Å². The van der Waals surface area contributed by atoms with Crippen molar-refractivity contribution in [2.45, 2.75) is 33.2 Å². The predicted octanol–water partition coefficient (Wildman–Crippen LogP) is 3.09. The molecule has 0 aliphatic rings. The van der Waals surface area contributed by atoms with Crippen LogP contribution in [0.4, 0.5) is 0 Å². The van der Waals surface area contributed by atoms with E-state index in [-0.39, 0.29) is 11.2 Å². The summed E-state index contributed by atoms with van der Waals surface area (Å²) < 4.78 is 6.92. The number of aromatic nitrogens is 2. The lowest BCUT2D eigenvalue weighted by Crippen LogP contribution is -2.35. The van der Waals surface area contributed by atoms with E-state index < -0.39 is 0 Å². The predicted molar refractivity (Wildman–Crippen MR) is 97.4 cm³/mol. The summed E-state index contributed by atoms with van der Waals surface area (Å²) in [5.74, 6) is 0.803. The lowest BCUT2D eigenvalue weighted by Gasteiger charge is -2.08. The summed E-state index contributed by atoms with van der Waals surface area (Å²) >= 11 is 1.42. The van der Waals surface area contributed by atoms with Gasteiger partial charge in [0.05, 0.1) is 12.0 Å². The molecule has 0 radical (unpaired) electrons. The van der Waals surface area contributed by atoms with Gasteiger partial charge in [-0.05, 0) is 43.5 Å². The van der Waals surface area contributed by atoms with E-state index in [1.54, 1.807) is 0 Å². The molecule has 0 spiro atoms. The molecule has 2 heterocycles. The average molecular weight is 344 g/mol. The number of rotatable bonds is 6. The smallest absolute Gasteiger partial charge is 0.329 e. The third-order valence-corrected chi connectivity index (χ3v) is 4.89. The van der Waals surface area contributed by atoms with Crippen LogP contribution in [-0.2, 0) is 13.0 Å². The molecule has 0 aliphatic carbocycles. The molecule has 0 unspecified atom stereocenters. The van der Waals surface area contributed by atoms with Crippen LogP contribution >= 0.6 is 11.3 Å². The first-order chi connectivity index (χ1) is 11.6. The van der Waals surface area contributed by atoms with Gasteiger partial charge in [-0.2, -0.15) is 0 Å². The molecule has 126 valence electrons. The first-order valence-electron chi connectivity index (χ1n) is 8.03. The molecule has 0 bridgehead atoms. The Kier molecular flexibility index (Phi) is 4.85. The minimum atomic E-state index is -0.360. The maximum atomic E-state index is 12.4. The highest BCUT2D eigenvalue weighted by atomic mass is 32.1. The molecule has 0 saturated carbocycles. The number of aryl methyl sites for hydroxylation is 2. The van der Waals surface area contributed by atoms with Crippen molar-refractivity contribution in [1.29, 1.82) is 0 Å². The summed E-state index contributed by atoms with van der Waals surface area (Å²) in [5.41, 5.74) is 0.673. The van der Waals surface area contributed by atoms with Crippen LogP contribution in [0.5, 0.6) is 5.75 Å². The number of thiophene rings is 1. The number of H-pyrrole nitrogens is 1. The molecule has 2 aromatic heterocycles. The van der Waals surface area contributed by atoms with Crippen LogP contribution in [-0.4, -0.2) is 16.2 Å². The molecule has 0 amide bonds. The van der Waals surface area contributed by atoms with E-state index in [2.05, 4.69) is 11.9 Å². The van der Waals surface area contributed by atoms with Crippen molar-refractivity contribution in [2.24, 2.45) is 0 Å². The van der Waals surface area contributed by atoms with Crippen LogP contribution in [0.1, 0.15) is 23.8 Å². The standard InChI is InChI=1S/C18H20N2O3S/c1-3-13-5-7-14(8-6-13)23-10-4-9-20-17(21)15-11-12(2)24-16(15)19-18(20)22/h5-8,11H,3-4,9-10H2,1-2H3,(H,19,22). The third-order valence-electron chi connectivity index (χ3n) is 3.92. The molecule has 1 aromatic carbocycles. The lowest BCUT2D eigenvalue weighted by atomic mass is 10.2. The van der Waals surface area contributed by atoms with E-state index >= 15 is 0 Å². The largest absolute Gasteiger partial charge is 0.494 e. The fourth-order valence-electron chi connectivity index (χ4n) is 2.61. The number of hydrogen-bond donors (Lipinski definition) is 1. The van der Waals surface area contributed by atoms with Gasteiger partial charge in [0.1, 0.15) is 10.6 Å². The number of aromatic amines is 1. The summed E-state index contributed by atoms with van der Waals surface area (Å²) in [6.45, 7) is 4.82. The van der Waals surface area contributed by atoms with Crippen LogP contribution < -0.4 is 16.0 Å². The summed E-state index contributed by atoms with van der Waals surface area (Å²) in [5, 5.41) is 0.577. The van der Waals surface area contributed by atoms with E-state index in [0.717, 1.165) is 17.0 Å². The van der Waals surface area contributed by atoms with E-state index in [4.69, 9.17) is 4.74 Å². The van der Waals surface area contributed by atoms with Gasteiger partial charge >= 0.3 is 5.69 Å². The van der Waals surface area contributed by atoms with E-state index in [1.807, 2.05) is 37.3 Å². The molecule has 0 atom stereocenters. The van der Waals surface area contributed by atoms with Crippen LogP contribution in [0.2, 0.25) is 0 Å². The Balaban J connectivity index is 1.65. The van der Waals surface area contributed by atoms with Gasteiger partial charge in [0.2, 0.25) is 0 Å². The Labute approximate surface area is 143 Å². The Morgan fingerprint density at radius 2 is 1.96 bits per heavy atom. The Morgan fingerprint density at radius 3 is 2.67 bits per heavy atom. The number of benzene rings is 1. The van der Waals surface area contributed by atoms with Gasteiger partial charge in [0.15, 0.2) is 0 Å². The normalized spacial score (nSPS) is 11.1. The Morgan fingerprint density at radius 1 is 1.21 bits per heavy atom. The molecule has 24 heavy (non-hydrogen) atoms. The number of nitrogens with one attached hydrogen (secondary N) is 1. The first-order valence-corrected chi connectivity index (χ1v) is 8.85. The number of nitrogens with zero attached hydrogens (tertiary/aromatic N) is 1. The second-order valence-corrected chi connectivity index (χ2v) is 6.94. The van der Waals surface area contributed by atoms with E-state index in [0.29, 0.717) is 29.8 Å². The molecule has 1 N–H and O–H groups in total. The van der Waals surface area contributed by atoms with Crippen molar-refractivity contribution in [2.75, 3.05) is 6.61 Å². The monoisotopic (exact) mass is 344 g/mol. The molecular formula is C18H20N2O3S.